The number of hydrogen-bond acceptors (Lipinski definition) is 1. The van der Waals surface area contributed by atoms with Gasteiger partial charge in [0.15, 0.2) is 0 Å². The summed E-state index contributed by atoms with van der Waals surface area (Å²) in [5.74, 6) is 0.560. The maximum Gasteiger partial charge on any atom is 0.0459 e. The summed E-state index contributed by atoms with van der Waals surface area (Å²) in [6, 6.07) is 12.0. The molecule has 0 saturated heterocycles. The van der Waals surface area contributed by atoms with E-state index in [0.29, 0.717) is 12.5 Å². The Morgan fingerprint density at radius 1 is 0.933 bits per heavy atom. The van der Waals surface area contributed by atoms with Crippen LogP contribution in [0.2, 0.25) is 0 Å². The van der Waals surface area contributed by atoms with Crippen LogP contribution in [0.1, 0.15) is 39.5 Å². The molecule has 0 spiro atoms. The molecule has 1 rings (SSSR count). The summed E-state index contributed by atoms with van der Waals surface area (Å²) in [7, 11) is 0. The van der Waals surface area contributed by atoms with E-state index in [1.807, 2.05) is 36.4 Å². The maximum absolute atomic E-state index is 8.75. The molecule has 1 unspecified atom stereocenters. The van der Waals surface area contributed by atoms with Gasteiger partial charge in [0.05, 0.1) is 0 Å². The monoisotopic (exact) mass is 208 g/mol. The molecule has 15 heavy (non-hydrogen) atoms. The highest BCUT2D eigenvalue weighted by atomic mass is 16.3. The first-order chi connectivity index (χ1) is 7.35. The fourth-order valence-electron chi connectivity index (χ4n) is 1.30. The van der Waals surface area contributed by atoms with Crippen LogP contribution in [0.4, 0.5) is 0 Å². The molecule has 0 heterocycles. The van der Waals surface area contributed by atoms with Crippen LogP contribution in [0.5, 0.6) is 0 Å². The van der Waals surface area contributed by atoms with Crippen LogP contribution in [0.25, 0.3) is 0 Å². The van der Waals surface area contributed by atoms with E-state index in [-0.39, 0.29) is 0 Å². The van der Waals surface area contributed by atoms with Gasteiger partial charge in [-0.15, -0.1) is 0 Å². The summed E-state index contributed by atoms with van der Waals surface area (Å²) in [6.07, 6.45) is 4.83. The van der Waals surface area contributed by atoms with Crippen molar-refractivity contribution in [1.29, 1.82) is 0 Å². The highest BCUT2D eigenvalue weighted by Gasteiger charge is 2.01. The minimum Gasteiger partial charge on any atom is -0.396 e. The van der Waals surface area contributed by atoms with Gasteiger partial charge in [-0.25, -0.2) is 0 Å². The molecule has 0 amide bonds. The average Bonchev–Trinajstić information content (AvgIpc) is 2.34. The lowest BCUT2D eigenvalue weighted by atomic mass is 10.0. The van der Waals surface area contributed by atoms with Gasteiger partial charge in [-0.3, -0.25) is 0 Å². The maximum atomic E-state index is 8.75. The van der Waals surface area contributed by atoms with Crippen molar-refractivity contribution < 1.29 is 5.11 Å². The van der Waals surface area contributed by atoms with Gasteiger partial charge in [0.1, 0.15) is 0 Å². The molecule has 1 aromatic rings. The second-order valence-corrected chi connectivity index (χ2v) is 3.75. The zero-order chi connectivity index (χ0) is 11.4. The van der Waals surface area contributed by atoms with Crippen molar-refractivity contribution in [3.63, 3.8) is 0 Å². The third-order valence-electron chi connectivity index (χ3n) is 2.47. The molecule has 1 N–H and O–H groups in total. The summed E-state index contributed by atoms with van der Waals surface area (Å²) in [5.41, 5.74) is 0. The predicted octanol–water partition coefficient (Wildman–Crippen LogP) is 3.88. The van der Waals surface area contributed by atoms with Crippen molar-refractivity contribution in [1.82, 2.24) is 0 Å². The van der Waals surface area contributed by atoms with Gasteiger partial charge in [-0.1, -0.05) is 69.5 Å². The molecule has 1 aromatic carbocycles. The van der Waals surface area contributed by atoms with Crippen LogP contribution < -0.4 is 0 Å². The molecule has 86 valence electrons. The molecule has 1 nitrogen and oxygen atoms in total. The predicted molar refractivity (Wildman–Crippen MR) is 66.8 cm³/mol. The molecule has 0 aliphatic carbocycles. The lowest BCUT2D eigenvalue weighted by molar-refractivity contribution is 0.212. The van der Waals surface area contributed by atoms with Crippen molar-refractivity contribution in [2.75, 3.05) is 6.61 Å². The summed E-state index contributed by atoms with van der Waals surface area (Å²) < 4.78 is 0. The molecule has 0 radical (unpaired) electrons. The number of unbranched alkanes of at least 4 members (excludes halogenated alkanes) is 1. The van der Waals surface area contributed by atoms with Crippen molar-refractivity contribution in [2.24, 2.45) is 5.92 Å². The Morgan fingerprint density at radius 2 is 1.40 bits per heavy atom. The van der Waals surface area contributed by atoms with E-state index in [0.717, 1.165) is 6.42 Å². The highest BCUT2D eigenvalue weighted by Crippen LogP contribution is 2.10. The quantitative estimate of drug-likeness (QED) is 0.778. The van der Waals surface area contributed by atoms with Crippen LogP contribution >= 0.6 is 0 Å². The third-order valence-corrected chi connectivity index (χ3v) is 2.47. The standard InChI is InChI=1S/C8H18O.C6H6/c1-3-5-6-8(4-2)7-9;1-2-4-6-5-3-1/h8-9H,3-7H2,1-2H3;1-6H. The van der Waals surface area contributed by atoms with Crippen LogP contribution in [-0.2, 0) is 0 Å². The first-order valence-electron chi connectivity index (χ1n) is 5.96. The number of benzene rings is 1. The summed E-state index contributed by atoms with van der Waals surface area (Å²) >= 11 is 0. The Bertz CT molecular complexity index is 165. The second kappa shape index (κ2) is 11.3. The van der Waals surface area contributed by atoms with Crippen LogP contribution in [0, 0.1) is 5.92 Å². The van der Waals surface area contributed by atoms with E-state index < -0.39 is 0 Å². The SMILES string of the molecule is CCCCC(CC)CO.c1ccccc1. The number of aliphatic hydroxyl groups is 1. The van der Waals surface area contributed by atoms with Gasteiger partial charge >= 0.3 is 0 Å². The van der Waals surface area contributed by atoms with Gasteiger partial charge < -0.3 is 5.11 Å². The largest absolute Gasteiger partial charge is 0.396 e. The Hall–Kier alpha value is -0.820. The first-order valence-corrected chi connectivity index (χ1v) is 5.96. The molecule has 0 aliphatic rings. The van der Waals surface area contributed by atoms with Crippen LogP contribution in [0.3, 0.4) is 0 Å². The number of rotatable bonds is 5. The van der Waals surface area contributed by atoms with Gasteiger partial charge in [-0.2, -0.15) is 0 Å². The van der Waals surface area contributed by atoms with Crippen LogP contribution in [0.15, 0.2) is 36.4 Å². The van der Waals surface area contributed by atoms with Crippen LogP contribution in [-0.4, -0.2) is 11.7 Å². The lowest BCUT2D eigenvalue weighted by Gasteiger charge is -2.08. The molecule has 1 atom stereocenters. The fourth-order valence-corrected chi connectivity index (χ4v) is 1.30. The molecule has 1 heteroatoms. The van der Waals surface area contributed by atoms with E-state index >= 15 is 0 Å². The van der Waals surface area contributed by atoms with Crippen molar-refractivity contribution in [3.8, 4) is 0 Å². The highest BCUT2D eigenvalue weighted by molar-refractivity contribution is 4.99. The van der Waals surface area contributed by atoms with Gasteiger partial charge in [0, 0.05) is 6.61 Å². The molecule has 0 bridgehead atoms. The van der Waals surface area contributed by atoms with E-state index in [1.165, 1.54) is 19.3 Å². The number of hydrogen-bond donors (Lipinski definition) is 1. The van der Waals surface area contributed by atoms with E-state index in [9.17, 15) is 0 Å². The second-order valence-electron chi connectivity index (χ2n) is 3.75. The topological polar surface area (TPSA) is 20.2 Å². The zero-order valence-corrected chi connectivity index (χ0v) is 10.0. The van der Waals surface area contributed by atoms with Crippen molar-refractivity contribution >= 4 is 0 Å². The Morgan fingerprint density at radius 3 is 1.67 bits per heavy atom. The minimum atomic E-state index is 0.372. The van der Waals surface area contributed by atoms with Crippen molar-refractivity contribution in [2.45, 2.75) is 39.5 Å². The third kappa shape index (κ3) is 9.48. The van der Waals surface area contributed by atoms with Crippen molar-refractivity contribution in [3.05, 3.63) is 36.4 Å². The van der Waals surface area contributed by atoms with Gasteiger partial charge in [-0.05, 0) is 12.3 Å². The Balaban J connectivity index is 0.000000280. The fraction of sp³-hybridized carbons (Fsp3) is 0.571. The molecule has 0 aromatic heterocycles. The Labute approximate surface area is 94.2 Å². The van der Waals surface area contributed by atoms with E-state index in [4.69, 9.17) is 5.11 Å². The first kappa shape index (κ1) is 14.2. The van der Waals surface area contributed by atoms with E-state index in [1.54, 1.807) is 0 Å². The van der Waals surface area contributed by atoms with Gasteiger partial charge in [0.2, 0.25) is 0 Å². The minimum absolute atomic E-state index is 0.372. The average molecular weight is 208 g/mol. The zero-order valence-electron chi connectivity index (χ0n) is 10.0. The van der Waals surface area contributed by atoms with E-state index in [2.05, 4.69) is 13.8 Å². The molecule has 0 fully saturated rings. The molecule has 0 aliphatic heterocycles. The summed E-state index contributed by atoms with van der Waals surface area (Å²) in [4.78, 5) is 0. The van der Waals surface area contributed by atoms with Gasteiger partial charge in [0.25, 0.3) is 0 Å². The summed E-state index contributed by atoms with van der Waals surface area (Å²) in [5, 5.41) is 8.75. The molecule has 0 saturated carbocycles. The summed E-state index contributed by atoms with van der Waals surface area (Å²) in [6.45, 7) is 4.69. The lowest BCUT2D eigenvalue weighted by Crippen LogP contribution is -2.03. The molecular formula is C14H24O. The smallest absolute Gasteiger partial charge is 0.0459 e. The number of aliphatic hydroxyl groups excluding tert-OH is 1. The molecular weight excluding hydrogens is 184 g/mol. The normalized spacial score (nSPS) is 11.4. The Kier molecular flexibility index (Phi) is 10.6.